The molecule has 2 atom stereocenters. The summed E-state index contributed by atoms with van der Waals surface area (Å²) in [6, 6.07) is 8.95. The number of aromatic nitrogens is 1. The van der Waals surface area contributed by atoms with Gasteiger partial charge in [-0.05, 0) is 43.4 Å². The molecule has 0 amide bonds. The van der Waals surface area contributed by atoms with Crippen LogP contribution in [0.5, 0.6) is 0 Å². The predicted octanol–water partition coefficient (Wildman–Crippen LogP) is 2.99. The van der Waals surface area contributed by atoms with Crippen molar-refractivity contribution in [2.24, 2.45) is 5.92 Å². The number of para-hydroxylation sites is 1. The number of fused-ring (bicyclic) bond motifs is 3. The second-order valence-electron chi connectivity index (χ2n) is 6.45. The Morgan fingerprint density at radius 2 is 2.05 bits per heavy atom. The zero-order valence-electron chi connectivity index (χ0n) is 11.5. The van der Waals surface area contributed by atoms with Gasteiger partial charge in [-0.15, -0.1) is 0 Å². The average Bonchev–Trinajstić information content (AvgIpc) is 2.82. The van der Waals surface area contributed by atoms with Crippen LogP contribution in [-0.2, 0) is 6.42 Å². The Bertz CT molecular complexity index is 730. The van der Waals surface area contributed by atoms with E-state index >= 15 is 0 Å². The van der Waals surface area contributed by atoms with Crippen LogP contribution in [0.25, 0.3) is 10.9 Å². The highest BCUT2D eigenvalue weighted by molar-refractivity contribution is 5.97. The molecule has 3 aliphatic heterocycles. The molecule has 0 bridgehead atoms. The van der Waals surface area contributed by atoms with Crippen molar-refractivity contribution >= 4 is 16.8 Å². The maximum atomic E-state index is 12.6. The summed E-state index contributed by atoms with van der Waals surface area (Å²) in [5.41, 5.74) is 3.91. The SMILES string of the molecule is O=C1C[C@@H]2CCCN3CCc4c(n1c1ccccc41)[C@@H]23. The Hall–Kier alpha value is -1.61. The van der Waals surface area contributed by atoms with Crippen LogP contribution < -0.4 is 0 Å². The minimum Gasteiger partial charge on any atom is -0.294 e. The van der Waals surface area contributed by atoms with Crippen LogP contribution in [0.15, 0.2) is 24.3 Å². The fourth-order valence-electron chi connectivity index (χ4n) is 4.75. The van der Waals surface area contributed by atoms with E-state index in [0.717, 1.165) is 24.9 Å². The van der Waals surface area contributed by atoms with Crippen LogP contribution in [0.2, 0.25) is 0 Å². The van der Waals surface area contributed by atoms with Gasteiger partial charge in [-0.1, -0.05) is 18.2 Å². The molecule has 0 unspecified atom stereocenters. The van der Waals surface area contributed by atoms with Crippen molar-refractivity contribution in [1.82, 2.24) is 9.47 Å². The van der Waals surface area contributed by atoms with Crippen molar-refractivity contribution in [3.8, 4) is 0 Å². The van der Waals surface area contributed by atoms with Gasteiger partial charge >= 0.3 is 0 Å². The molecular formula is C17H18N2O. The third-order valence-corrected chi connectivity index (χ3v) is 5.50. The lowest BCUT2D eigenvalue weighted by molar-refractivity contribution is 0.0478. The number of carbonyl (C=O) groups is 1. The molecule has 3 nitrogen and oxygen atoms in total. The monoisotopic (exact) mass is 266 g/mol. The van der Waals surface area contributed by atoms with E-state index in [1.165, 1.54) is 36.0 Å². The zero-order chi connectivity index (χ0) is 13.3. The number of hydrogen-bond acceptors (Lipinski definition) is 2. The number of piperidine rings is 1. The third kappa shape index (κ3) is 1.22. The topological polar surface area (TPSA) is 25.2 Å². The first-order valence-electron chi connectivity index (χ1n) is 7.74. The fraction of sp³-hybridized carbons (Fsp3) is 0.471. The molecule has 0 spiro atoms. The molecular weight excluding hydrogens is 248 g/mol. The molecule has 1 aromatic carbocycles. The van der Waals surface area contributed by atoms with Crippen molar-refractivity contribution in [1.29, 1.82) is 0 Å². The molecule has 4 heterocycles. The Morgan fingerprint density at radius 1 is 1.15 bits per heavy atom. The van der Waals surface area contributed by atoms with Crippen molar-refractivity contribution in [3.63, 3.8) is 0 Å². The third-order valence-electron chi connectivity index (χ3n) is 5.50. The molecule has 20 heavy (non-hydrogen) atoms. The standard InChI is InChI=1S/C17H18N2O/c20-15-10-11-4-3-8-18-9-7-13-12-5-1-2-6-14(12)19(15)17(13)16(11)18/h1-2,5-6,11,16H,3-4,7-10H2/t11-,16+/m0/s1. The van der Waals surface area contributed by atoms with Crippen molar-refractivity contribution in [2.45, 2.75) is 31.7 Å². The molecule has 3 heteroatoms. The summed E-state index contributed by atoms with van der Waals surface area (Å²) in [5.74, 6) is 0.861. The molecule has 3 aliphatic rings. The highest BCUT2D eigenvalue weighted by atomic mass is 16.2. The lowest BCUT2D eigenvalue weighted by Crippen LogP contribution is -2.47. The van der Waals surface area contributed by atoms with Gasteiger partial charge in [-0.3, -0.25) is 14.3 Å². The van der Waals surface area contributed by atoms with Gasteiger partial charge in [0.2, 0.25) is 5.91 Å². The predicted molar refractivity (Wildman–Crippen MR) is 77.9 cm³/mol. The highest BCUT2D eigenvalue weighted by Gasteiger charge is 2.44. The van der Waals surface area contributed by atoms with E-state index in [0.29, 0.717) is 17.9 Å². The number of rotatable bonds is 0. The Morgan fingerprint density at radius 3 is 3.00 bits per heavy atom. The van der Waals surface area contributed by atoms with E-state index < -0.39 is 0 Å². The summed E-state index contributed by atoms with van der Waals surface area (Å²) in [6.45, 7) is 2.37. The maximum absolute atomic E-state index is 12.6. The van der Waals surface area contributed by atoms with E-state index in [1.807, 2.05) is 4.57 Å². The second-order valence-corrected chi connectivity index (χ2v) is 6.45. The molecule has 102 valence electrons. The van der Waals surface area contributed by atoms with Crippen molar-refractivity contribution in [2.75, 3.05) is 13.1 Å². The van der Waals surface area contributed by atoms with E-state index in [1.54, 1.807) is 0 Å². The van der Waals surface area contributed by atoms with Crippen LogP contribution in [-0.4, -0.2) is 28.5 Å². The van der Waals surface area contributed by atoms with Gasteiger partial charge in [0.05, 0.1) is 11.6 Å². The van der Waals surface area contributed by atoms with Gasteiger partial charge < -0.3 is 0 Å². The van der Waals surface area contributed by atoms with Crippen molar-refractivity contribution in [3.05, 3.63) is 35.5 Å². The number of benzene rings is 1. The van der Waals surface area contributed by atoms with E-state index in [2.05, 4.69) is 29.2 Å². The Labute approximate surface area is 118 Å². The molecule has 5 rings (SSSR count). The van der Waals surface area contributed by atoms with Gasteiger partial charge in [0, 0.05) is 24.0 Å². The van der Waals surface area contributed by atoms with Crippen LogP contribution >= 0.6 is 0 Å². The quantitative estimate of drug-likeness (QED) is 0.732. The highest BCUT2D eigenvalue weighted by Crippen LogP contribution is 2.48. The van der Waals surface area contributed by atoms with Crippen LogP contribution in [0.4, 0.5) is 0 Å². The molecule has 1 fully saturated rings. The van der Waals surface area contributed by atoms with Crippen LogP contribution in [0.1, 0.15) is 41.4 Å². The normalized spacial score (nSPS) is 28.7. The largest absolute Gasteiger partial charge is 0.294 e. The first-order chi connectivity index (χ1) is 9.84. The lowest BCUT2D eigenvalue weighted by atomic mass is 9.79. The molecule has 0 aliphatic carbocycles. The van der Waals surface area contributed by atoms with Gasteiger partial charge in [0.25, 0.3) is 0 Å². The minimum atomic E-state index is 0.312. The number of carbonyl (C=O) groups excluding carboxylic acids is 1. The summed E-state index contributed by atoms with van der Waals surface area (Å²) in [4.78, 5) is 15.3. The lowest BCUT2D eigenvalue weighted by Gasteiger charge is -2.46. The summed E-state index contributed by atoms with van der Waals surface area (Å²) in [6.07, 6.45) is 4.30. The van der Waals surface area contributed by atoms with Crippen molar-refractivity contribution < 1.29 is 4.79 Å². The Balaban J connectivity index is 1.88. The number of nitrogens with zero attached hydrogens (tertiary/aromatic N) is 2. The first-order valence-corrected chi connectivity index (χ1v) is 7.74. The average molecular weight is 266 g/mol. The molecule has 0 N–H and O–H groups in total. The summed E-state index contributed by atoms with van der Waals surface area (Å²) < 4.78 is 2.04. The van der Waals surface area contributed by atoms with Gasteiger partial charge in [0.1, 0.15) is 0 Å². The van der Waals surface area contributed by atoms with Gasteiger partial charge in [-0.25, -0.2) is 0 Å². The smallest absolute Gasteiger partial charge is 0.231 e. The maximum Gasteiger partial charge on any atom is 0.231 e. The van der Waals surface area contributed by atoms with Crippen LogP contribution in [0, 0.1) is 5.92 Å². The van der Waals surface area contributed by atoms with Gasteiger partial charge in [-0.2, -0.15) is 0 Å². The Kier molecular flexibility index (Phi) is 2.07. The molecule has 0 saturated carbocycles. The summed E-state index contributed by atoms with van der Waals surface area (Å²) in [5, 5.41) is 1.31. The molecule has 2 aromatic rings. The van der Waals surface area contributed by atoms with E-state index in [9.17, 15) is 4.79 Å². The fourth-order valence-corrected chi connectivity index (χ4v) is 4.75. The van der Waals surface area contributed by atoms with Crippen LogP contribution in [0.3, 0.4) is 0 Å². The minimum absolute atomic E-state index is 0.312. The molecule has 0 radical (unpaired) electrons. The summed E-state index contributed by atoms with van der Waals surface area (Å²) >= 11 is 0. The molecule has 1 saturated heterocycles. The number of hydrogen-bond donors (Lipinski definition) is 0. The van der Waals surface area contributed by atoms with Gasteiger partial charge in [0.15, 0.2) is 0 Å². The zero-order valence-corrected chi connectivity index (χ0v) is 11.5. The first kappa shape index (κ1) is 11.1. The summed E-state index contributed by atoms with van der Waals surface area (Å²) in [7, 11) is 0. The van der Waals surface area contributed by atoms with E-state index in [4.69, 9.17) is 0 Å². The second kappa shape index (κ2) is 3.73. The molecule has 1 aromatic heterocycles. The van der Waals surface area contributed by atoms with E-state index in [-0.39, 0.29) is 0 Å².